The number of nitrogens with one attached hydrogen (secondary N) is 1. The largest absolute Gasteiger partial charge is 0.396 e. The van der Waals surface area contributed by atoms with Gasteiger partial charge in [0.15, 0.2) is 0 Å². The van der Waals surface area contributed by atoms with Gasteiger partial charge in [-0.05, 0) is 32.7 Å². The van der Waals surface area contributed by atoms with Gasteiger partial charge in [-0.2, -0.15) is 0 Å². The highest BCUT2D eigenvalue weighted by molar-refractivity contribution is 5.80. The fourth-order valence-electron chi connectivity index (χ4n) is 2.80. The van der Waals surface area contributed by atoms with Gasteiger partial charge in [-0.1, -0.05) is 0 Å². The molecule has 4 nitrogen and oxygen atoms in total. The second kappa shape index (κ2) is 5.15. The number of carbonyl (C=O) groups is 1. The van der Waals surface area contributed by atoms with Gasteiger partial charge in [0.05, 0.1) is 5.92 Å². The van der Waals surface area contributed by atoms with E-state index >= 15 is 0 Å². The summed E-state index contributed by atoms with van der Waals surface area (Å²) in [6, 6.07) is 0.300. The van der Waals surface area contributed by atoms with Gasteiger partial charge in [0.1, 0.15) is 0 Å². The van der Waals surface area contributed by atoms with Gasteiger partial charge < -0.3 is 15.3 Å². The third-order valence-electron chi connectivity index (χ3n) is 3.93. The Morgan fingerprint density at radius 2 is 2.31 bits per heavy atom. The predicted molar refractivity (Wildman–Crippen MR) is 62.0 cm³/mol. The lowest BCUT2D eigenvalue weighted by molar-refractivity contribution is -0.136. The molecule has 0 aliphatic carbocycles. The Hall–Kier alpha value is -0.610. The molecule has 0 bridgehead atoms. The van der Waals surface area contributed by atoms with Gasteiger partial charge in [-0.15, -0.1) is 0 Å². The summed E-state index contributed by atoms with van der Waals surface area (Å²) in [5.74, 6) is 0.734. The first-order valence-electron chi connectivity index (χ1n) is 6.35. The average Bonchev–Trinajstić information content (AvgIpc) is 2.77. The lowest BCUT2D eigenvalue weighted by Crippen LogP contribution is -2.47. The Bertz CT molecular complexity index is 257. The summed E-state index contributed by atoms with van der Waals surface area (Å²) in [6.45, 7) is 4.92. The van der Waals surface area contributed by atoms with Crippen LogP contribution in [0.1, 0.15) is 26.2 Å². The van der Waals surface area contributed by atoms with E-state index in [1.807, 2.05) is 4.90 Å². The van der Waals surface area contributed by atoms with Crippen molar-refractivity contribution in [2.24, 2.45) is 11.8 Å². The zero-order valence-corrected chi connectivity index (χ0v) is 9.98. The van der Waals surface area contributed by atoms with Crippen molar-refractivity contribution in [3.8, 4) is 0 Å². The summed E-state index contributed by atoms with van der Waals surface area (Å²) >= 11 is 0. The van der Waals surface area contributed by atoms with Crippen molar-refractivity contribution in [2.45, 2.75) is 32.2 Å². The van der Waals surface area contributed by atoms with Gasteiger partial charge in [0.2, 0.25) is 5.91 Å². The molecular weight excluding hydrogens is 204 g/mol. The Morgan fingerprint density at radius 3 is 2.94 bits per heavy atom. The fraction of sp³-hybridized carbons (Fsp3) is 0.917. The molecule has 2 heterocycles. The molecule has 0 aromatic heterocycles. The molecule has 1 amide bonds. The van der Waals surface area contributed by atoms with Crippen molar-refractivity contribution in [2.75, 3.05) is 26.2 Å². The van der Waals surface area contributed by atoms with E-state index in [9.17, 15) is 4.79 Å². The van der Waals surface area contributed by atoms with Crippen LogP contribution in [0.2, 0.25) is 0 Å². The molecule has 4 heteroatoms. The summed E-state index contributed by atoms with van der Waals surface area (Å²) in [6.07, 6.45) is 3.06. The second-order valence-corrected chi connectivity index (χ2v) is 5.11. The van der Waals surface area contributed by atoms with E-state index in [2.05, 4.69) is 12.2 Å². The first-order valence-corrected chi connectivity index (χ1v) is 6.35. The summed E-state index contributed by atoms with van der Waals surface area (Å²) in [5.41, 5.74) is 0. The number of rotatable bonds is 2. The molecule has 0 aromatic carbocycles. The lowest BCUT2D eigenvalue weighted by atomic mass is 9.91. The molecule has 0 saturated carbocycles. The Morgan fingerprint density at radius 1 is 1.50 bits per heavy atom. The molecule has 0 radical (unpaired) electrons. The van der Waals surface area contributed by atoms with Crippen molar-refractivity contribution in [3.63, 3.8) is 0 Å². The van der Waals surface area contributed by atoms with Crippen LogP contribution in [0.15, 0.2) is 0 Å². The minimum absolute atomic E-state index is 0.145. The predicted octanol–water partition coefficient (Wildman–Crippen LogP) is 0.215. The Kier molecular flexibility index (Phi) is 3.82. The van der Waals surface area contributed by atoms with Crippen LogP contribution in [-0.4, -0.2) is 48.2 Å². The second-order valence-electron chi connectivity index (χ2n) is 5.11. The molecule has 2 saturated heterocycles. The number of carbonyl (C=O) groups excluding carboxylic acids is 1. The maximum Gasteiger partial charge on any atom is 0.227 e. The van der Waals surface area contributed by atoms with Gasteiger partial charge in [0.25, 0.3) is 0 Å². The Balaban J connectivity index is 1.91. The van der Waals surface area contributed by atoms with Crippen LogP contribution in [0, 0.1) is 11.8 Å². The van der Waals surface area contributed by atoms with E-state index in [0.717, 1.165) is 38.9 Å². The third kappa shape index (κ3) is 2.38. The molecule has 2 aliphatic heterocycles. The lowest BCUT2D eigenvalue weighted by Gasteiger charge is -2.32. The van der Waals surface area contributed by atoms with E-state index in [1.54, 1.807) is 0 Å². The van der Waals surface area contributed by atoms with Crippen molar-refractivity contribution in [1.82, 2.24) is 10.2 Å². The number of hydrogen-bond acceptors (Lipinski definition) is 3. The number of piperidine rings is 1. The summed E-state index contributed by atoms with van der Waals surface area (Å²) < 4.78 is 0. The van der Waals surface area contributed by atoms with Crippen molar-refractivity contribution in [1.29, 1.82) is 0 Å². The molecule has 2 aliphatic rings. The van der Waals surface area contributed by atoms with E-state index in [0.29, 0.717) is 12.0 Å². The van der Waals surface area contributed by atoms with Crippen LogP contribution in [0.4, 0.5) is 0 Å². The molecule has 2 fully saturated rings. The highest BCUT2D eigenvalue weighted by atomic mass is 16.3. The molecule has 92 valence electrons. The van der Waals surface area contributed by atoms with Gasteiger partial charge in [-0.25, -0.2) is 0 Å². The smallest absolute Gasteiger partial charge is 0.227 e. The Labute approximate surface area is 97.0 Å². The number of nitrogens with zero attached hydrogens (tertiary/aromatic N) is 1. The maximum absolute atomic E-state index is 12.3. The zero-order valence-electron chi connectivity index (χ0n) is 9.98. The first kappa shape index (κ1) is 11.9. The maximum atomic E-state index is 12.3. The van der Waals surface area contributed by atoms with Gasteiger partial charge in [0, 0.05) is 31.7 Å². The molecule has 0 aromatic rings. The average molecular weight is 226 g/mol. The van der Waals surface area contributed by atoms with E-state index in [1.165, 1.54) is 0 Å². The summed E-state index contributed by atoms with van der Waals surface area (Å²) in [7, 11) is 0. The third-order valence-corrected chi connectivity index (χ3v) is 3.93. The standard InChI is InChI=1S/C12H22N2O2/c1-9-11(3-2-5-13-9)12(16)14-6-4-10(7-14)8-15/h9-11,13,15H,2-8H2,1H3. The highest BCUT2D eigenvalue weighted by Crippen LogP contribution is 2.23. The summed E-state index contributed by atoms with van der Waals surface area (Å²) in [5, 5.41) is 12.4. The fourth-order valence-corrected chi connectivity index (χ4v) is 2.80. The normalized spacial score (nSPS) is 35.4. The topological polar surface area (TPSA) is 52.6 Å². The van der Waals surface area contributed by atoms with Crippen LogP contribution in [0.3, 0.4) is 0 Å². The van der Waals surface area contributed by atoms with Crippen molar-refractivity contribution < 1.29 is 9.90 Å². The van der Waals surface area contributed by atoms with E-state index in [4.69, 9.17) is 5.11 Å². The number of likely N-dealkylation sites (tertiary alicyclic amines) is 1. The van der Waals surface area contributed by atoms with Crippen LogP contribution >= 0.6 is 0 Å². The number of aliphatic hydroxyl groups is 1. The molecule has 16 heavy (non-hydrogen) atoms. The van der Waals surface area contributed by atoms with Crippen LogP contribution in [0.25, 0.3) is 0 Å². The first-order chi connectivity index (χ1) is 7.72. The molecule has 3 unspecified atom stereocenters. The van der Waals surface area contributed by atoms with Crippen LogP contribution in [-0.2, 0) is 4.79 Å². The van der Waals surface area contributed by atoms with Gasteiger partial charge in [-0.3, -0.25) is 4.79 Å². The minimum Gasteiger partial charge on any atom is -0.396 e. The molecule has 2 rings (SSSR count). The molecule has 0 spiro atoms. The van der Waals surface area contributed by atoms with E-state index in [-0.39, 0.29) is 18.4 Å². The quantitative estimate of drug-likeness (QED) is 0.708. The van der Waals surface area contributed by atoms with Crippen molar-refractivity contribution in [3.05, 3.63) is 0 Å². The number of aliphatic hydroxyl groups excluding tert-OH is 1. The SMILES string of the molecule is CC1NCCCC1C(=O)N1CCC(CO)C1. The number of amides is 1. The van der Waals surface area contributed by atoms with E-state index < -0.39 is 0 Å². The number of hydrogen-bond donors (Lipinski definition) is 2. The summed E-state index contributed by atoms with van der Waals surface area (Å²) in [4.78, 5) is 14.2. The monoisotopic (exact) mass is 226 g/mol. The van der Waals surface area contributed by atoms with Crippen LogP contribution < -0.4 is 5.32 Å². The molecular formula is C12H22N2O2. The zero-order chi connectivity index (χ0) is 11.5. The minimum atomic E-state index is 0.145. The molecule has 3 atom stereocenters. The van der Waals surface area contributed by atoms with Gasteiger partial charge >= 0.3 is 0 Å². The van der Waals surface area contributed by atoms with Crippen molar-refractivity contribution >= 4 is 5.91 Å². The molecule has 2 N–H and O–H groups in total. The highest BCUT2D eigenvalue weighted by Gasteiger charge is 2.34. The van der Waals surface area contributed by atoms with Crippen LogP contribution in [0.5, 0.6) is 0 Å².